The molecule has 0 bridgehead atoms. The first-order valence-electron chi connectivity index (χ1n) is 16.6. The lowest BCUT2D eigenvalue weighted by Crippen LogP contribution is -2.00. The number of hydrogen-bond acceptors (Lipinski definition) is 5. The Kier molecular flexibility index (Phi) is 6.42. The van der Waals surface area contributed by atoms with Gasteiger partial charge >= 0.3 is 0 Å². The summed E-state index contributed by atoms with van der Waals surface area (Å²) < 4.78 is 13.1. The van der Waals surface area contributed by atoms with Crippen LogP contribution in [0.25, 0.3) is 100 Å². The maximum Gasteiger partial charge on any atom is 0.164 e. The van der Waals surface area contributed by atoms with E-state index in [4.69, 9.17) is 23.8 Å². The highest BCUT2D eigenvalue weighted by atomic mass is 16.3. The van der Waals surface area contributed by atoms with Crippen molar-refractivity contribution in [2.45, 2.75) is 0 Å². The van der Waals surface area contributed by atoms with Crippen LogP contribution in [0.15, 0.2) is 173 Å². The number of nitrogens with zero attached hydrogens (tertiary/aromatic N) is 3. The fourth-order valence-electron chi connectivity index (χ4n) is 7.02. The number of hydrogen-bond donors (Lipinski definition) is 0. The second-order valence-corrected chi connectivity index (χ2v) is 12.4. The molecule has 0 aliphatic heterocycles. The molecule has 3 heterocycles. The molecule has 0 N–H and O–H groups in total. The molecule has 0 aliphatic rings. The van der Waals surface area contributed by atoms with E-state index in [0.717, 1.165) is 82.8 Å². The lowest BCUT2D eigenvalue weighted by molar-refractivity contribution is 0.668. The number of benzene rings is 7. The molecule has 234 valence electrons. The third-order valence-corrected chi connectivity index (χ3v) is 9.36. The largest absolute Gasteiger partial charge is 0.456 e. The predicted molar refractivity (Wildman–Crippen MR) is 202 cm³/mol. The number of rotatable bonds is 5. The normalized spacial score (nSPS) is 11.6. The van der Waals surface area contributed by atoms with Gasteiger partial charge in [0.05, 0.1) is 0 Å². The molecule has 10 rings (SSSR count). The standard InChI is InChI=1S/C45H27N3O2/c1-4-13-28(14-5-1)33-26-25-32(41-34-19-10-11-21-37(34)50-42(33)41)31-23-24-35-39(27-31)49-38-22-12-20-36(40(35)38)45-47-43(29-15-6-2-7-16-29)46-44(48-45)30-17-8-3-9-18-30/h1-27H. The van der Waals surface area contributed by atoms with E-state index in [9.17, 15) is 0 Å². The van der Waals surface area contributed by atoms with E-state index in [0.29, 0.717) is 17.5 Å². The smallest absolute Gasteiger partial charge is 0.164 e. The Morgan fingerprint density at radius 1 is 0.320 bits per heavy atom. The Balaban J connectivity index is 1.16. The Hall–Kier alpha value is -6.85. The van der Waals surface area contributed by atoms with Crippen molar-refractivity contribution in [3.8, 4) is 56.4 Å². The minimum absolute atomic E-state index is 0.596. The molecule has 5 nitrogen and oxygen atoms in total. The van der Waals surface area contributed by atoms with Crippen LogP contribution >= 0.6 is 0 Å². The van der Waals surface area contributed by atoms with Gasteiger partial charge in [0.25, 0.3) is 0 Å². The molecule has 5 heteroatoms. The van der Waals surface area contributed by atoms with E-state index in [1.165, 1.54) is 0 Å². The minimum Gasteiger partial charge on any atom is -0.456 e. The van der Waals surface area contributed by atoms with Crippen LogP contribution in [0.4, 0.5) is 0 Å². The third kappa shape index (κ3) is 4.60. The van der Waals surface area contributed by atoms with E-state index >= 15 is 0 Å². The second-order valence-electron chi connectivity index (χ2n) is 12.4. The van der Waals surface area contributed by atoms with Gasteiger partial charge in [-0.25, -0.2) is 15.0 Å². The summed E-state index contributed by atoms with van der Waals surface area (Å²) in [5.41, 5.74) is 10.4. The molecule has 7 aromatic carbocycles. The quantitative estimate of drug-likeness (QED) is 0.187. The van der Waals surface area contributed by atoms with Gasteiger partial charge in [-0.1, -0.05) is 133 Å². The van der Waals surface area contributed by atoms with Crippen molar-refractivity contribution in [1.29, 1.82) is 0 Å². The Labute approximate surface area is 287 Å². The van der Waals surface area contributed by atoms with Gasteiger partial charge in [-0.3, -0.25) is 0 Å². The molecule has 0 amide bonds. The fraction of sp³-hybridized carbons (Fsp3) is 0. The molecule has 0 fully saturated rings. The Bertz CT molecular complexity index is 2800. The Morgan fingerprint density at radius 2 is 0.900 bits per heavy atom. The van der Waals surface area contributed by atoms with Crippen LogP contribution in [0.3, 0.4) is 0 Å². The third-order valence-electron chi connectivity index (χ3n) is 9.36. The maximum atomic E-state index is 6.59. The topological polar surface area (TPSA) is 65.0 Å². The summed E-state index contributed by atoms with van der Waals surface area (Å²) in [6.07, 6.45) is 0. The summed E-state index contributed by atoms with van der Waals surface area (Å²) in [5.74, 6) is 1.84. The van der Waals surface area contributed by atoms with Crippen molar-refractivity contribution in [2.24, 2.45) is 0 Å². The van der Waals surface area contributed by atoms with E-state index in [-0.39, 0.29) is 0 Å². The first kappa shape index (κ1) is 28.2. The van der Waals surface area contributed by atoms with Crippen molar-refractivity contribution >= 4 is 43.9 Å². The average Bonchev–Trinajstić information content (AvgIpc) is 3.77. The molecule has 3 aromatic heterocycles. The molecule has 0 aliphatic carbocycles. The SMILES string of the molecule is c1ccc(-c2nc(-c3ccccc3)nc(-c3cccc4oc5cc(-c6ccc(-c7ccccc7)c7oc8ccccc8c67)ccc5c34)n2)cc1. The van der Waals surface area contributed by atoms with Crippen LogP contribution in [0.2, 0.25) is 0 Å². The number of aromatic nitrogens is 3. The van der Waals surface area contributed by atoms with E-state index < -0.39 is 0 Å². The first-order valence-corrected chi connectivity index (χ1v) is 16.6. The van der Waals surface area contributed by atoms with Gasteiger partial charge in [0.2, 0.25) is 0 Å². The van der Waals surface area contributed by atoms with Gasteiger partial charge in [0.15, 0.2) is 17.5 Å². The van der Waals surface area contributed by atoms with Gasteiger partial charge in [-0.2, -0.15) is 0 Å². The predicted octanol–water partition coefficient (Wildman–Crippen LogP) is 12.0. The van der Waals surface area contributed by atoms with E-state index in [2.05, 4.69) is 72.8 Å². The second kappa shape index (κ2) is 11.4. The lowest BCUT2D eigenvalue weighted by Gasteiger charge is -2.09. The van der Waals surface area contributed by atoms with Crippen molar-refractivity contribution in [3.63, 3.8) is 0 Å². The number of para-hydroxylation sites is 1. The van der Waals surface area contributed by atoms with Crippen molar-refractivity contribution in [3.05, 3.63) is 164 Å². The highest BCUT2D eigenvalue weighted by Gasteiger charge is 2.20. The van der Waals surface area contributed by atoms with Crippen LogP contribution in [0.1, 0.15) is 0 Å². The monoisotopic (exact) mass is 641 g/mol. The zero-order valence-corrected chi connectivity index (χ0v) is 26.7. The molecule has 0 atom stereocenters. The van der Waals surface area contributed by atoms with Crippen LogP contribution < -0.4 is 0 Å². The van der Waals surface area contributed by atoms with Crippen LogP contribution in [0, 0.1) is 0 Å². The summed E-state index contributed by atoms with van der Waals surface area (Å²) in [6, 6.07) is 55.6. The molecule has 10 aromatic rings. The molecule has 50 heavy (non-hydrogen) atoms. The van der Waals surface area contributed by atoms with E-state index in [1.54, 1.807) is 0 Å². The van der Waals surface area contributed by atoms with Crippen molar-refractivity contribution < 1.29 is 8.83 Å². The fourth-order valence-corrected chi connectivity index (χ4v) is 7.02. The summed E-state index contributed by atoms with van der Waals surface area (Å²) in [5, 5.41) is 4.14. The zero-order valence-electron chi connectivity index (χ0n) is 26.7. The maximum absolute atomic E-state index is 6.59. The molecule has 0 radical (unpaired) electrons. The summed E-state index contributed by atoms with van der Waals surface area (Å²) >= 11 is 0. The summed E-state index contributed by atoms with van der Waals surface area (Å²) in [6.45, 7) is 0. The molecule has 0 spiro atoms. The highest BCUT2D eigenvalue weighted by molar-refractivity contribution is 6.17. The molecular weight excluding hydrogens is 615 g/mol. The van der Waals surface area contributed by atoms with Crippen molar-refractivity contribution in [1.82, 2.24) is 15.0 Å². The van der Waals surface area contributed by atoms with Crippen LogP contribution in [0.5, 0.6) is 0 Å². The number of fused-ring (bicyclic) bond motifs is 6. The van der Waals surface area contributed by atoms with Gasteiger partial charge in [0.1, 0.15) is 22.3 Å². The number of furan rings is 2. The molecule has 0 saturated carbocycles. The first-order chi connectivity index (χ1) is 24.8. The Morgan fingerprint density at radius 3 is 1.62 bits per heavy atom. The summed E-state index contributed by atoms with van der Waals surface area (Å²) in [4.78, 5) is 14.9. The molecular formula is C45H27N3O2. The van der Waals surface area contributed by atoms with Crippen LogP contribution in [-0.4, -0.2) is 15.0 Å². The minimum atomic E-state index is 0.596. The molecule has 0 saturated heterocycles. The molecule has 0 unspecified atom stereocenters. The van der Waals surface area contributed by atoms with Crippen molar-refractivity contribution in [2.75, 3.05) is 0 Å². The lowest BCUT2D eigenvalue weighted by atomic mass is 9.94. The zero-order chi connectivity index (χ0) is 33.0. The average molecular weight is 642 g/mol. The summed E-state index contributed by atoms with van der Waals surface area (Å²) in [7, 11) is 0. The van der Waals surface area contributed by atoms with Gasteiger partial charge in [0, 0.05) is 43.8 Å². The van der Waals surface area contributed by atoms with Crippen LogP contribution in [-0.2, 0) is 0 Å². The van der Waals surface area contributed by atoms with E-state index in [1.807, 2.05) is 91.0 Å². The van der Waals surface area contributed by atoms with Gasteiger partial charge < -0.3 is 8.83 Å². The highest BCUT2D eigenvalue weighted by Crippen LogP contribution is 2.43. The van der Waals surface area contributed by atoms with Gasteiger partial charge in [-0.15, -0.1) is 0 Å². The van der Waals surface area contributed by atoms with Gasteiger partial charge in [-0.05, 0) is 47.0 Å².